The second kappa shape index (κ2) is 11.1. The summed E-state index contributed by atoms with van der Waals surface area (Å²) in [6, 6.07) is 27.3. The first-order chi connectivity index (χ1) is 20.7. The van der Waals surface area contributed by atoms with Gasteiger partial charge in [0.05, 0.1) is 22.7 Å². The number of carbonyl (C=O) groups excluding carboxylic acids is 2. The lowest BCUT2D eigenvalue weighted by Gasteiger charge is -2.23. The molecule has 8 nitrogen and oxygen atoms in total. The molecule has 11 heteroatoms. The second-order valence-corrected chi connectivity index (χ2v) is 13.3. The second-order valence-electron chi connectivity index (χ2n) is 9.67. The van der Waals surface area contributed by atoms with Gasteiger partial charge in [-0.15, -0.1) is 0 Å². The molecule has 2 heterocycles. The Kier molecular flexibility index (Phi) is 7.35. The maximum atomic E-state index is 13.7. The molecule has 1 aliphatic rings. The molecule has 0 aliphatic carbocycles. The average Bonchev–Trinajstić information content (AvgIpc) is 3.61. The summed E-state index contributed by atoms with van der Waals surface area (Å²) < 4.78 is 26.5. The van der Waals surface area contributed by atoms with Crippen molar-refractivity contribution < 1.29 is 23.1 Å². The lowest BCUT2D eigenvalue weighted by atomic mass is 9.91. The van der Waals surface area contributed by atoms with E-state index in [0.29, 0.717) is 21.8 Å². The third kappa shape index (κ3) is 5.10. The van der Waals surface area contributed by atoms with E-state index >= 15 is 0 Å². The minimum Gasteiger partial charge on any atom is -0.507 e. The highest BCUT2D eigenvalue weighted by molar-refractivity contribution is 7.93. The summed E-state index contributed by atoms with van der Waals surface area (Å²) in [5.41, 5.74) is 8.33. The van der Waals surface area contributed by atoms with Crippen LogP contribution < -0.4 is 10.6 Å². The number of amides is 1. The van der Waals surface area contributed by atoms with E-state index in [4.69, 9.17) is 17.3 Å². The SMILES string of the molecule is Nc1ccc(/C(O)=C2\C(=O)C(=O)N(c3ncc(S(=O)(=O)c4ccccc4)s3)C2c2cccc(Cl)c2)c(-c2ccccc2)c1. The quantitative estimate of drug-likeness (QED) is 0.0950. The molecule has 214 valence electrons. The van der Waals surface area contributed by atoms with Crippen LogP contribution in [0.4, 0.5) is 10.8 Å². The zero-order valence-electron chi connectivity index (χ0n) is 22.2. The largest absolute Gasteiger partial charge is 0.507 e. The van der Waals surface area contributed by atoms with E-state index in [0.717, 1.165) is 28.0 Å². The lowest BCUT2D eigenvalue weighted by Crippen LogP contribution is -2.29. The highest BCUT2D eigenvalue weighted by Crippen LogP contribution is 2.45. The average molecular weight is 628 g/mol. The van der Waals surface area contributed by atoms with E-state index in [9.17, 15) is 23.1 Å². The predicted octanol–water partition coefficient (Wildman–Crippen LogP) is 6.50. The summed E-state index contributed by atoms with van der Waals surface area (Å²) in [4.78, 5) is 32.8. The Labute approximate surface area is 256 Å². The standard InChI is InChI=1S/C32H22ClN3O5S2/c33-21-11-7-10-20(16-21)28-27(29(37)24-15-14-22(34)17-25(24)19-8-3-1-4-9-19)30(38)31(39)36(28)32-35-18-26(42-32)43(40,41)23-12-5-2-6-13-23/h1-18,28,37H,34H2/b29-27+. The van der Waals surface area contributed by atoms with Crippen molar-refractivity contribution in [2.24, 2.45) is 0 Å². The first-order valence-electron chi connectivity index (χ1n) is 12.9. The van der Waals surface area contributed by atoms with Crippen molar-refractivity contribution in [3.63, 3.8) is 0 Å². The van der Waals surface area contributed by atoms with Crippen molar-refractivity contribution in [1.82, 2.24) is 4.98 Å². The number of thiazole rings is 1. The number of hydrogen-bond acceptors (Lipinski definition) is 8. The number of aromatic nitrogens is 1. The van der Waals surface area contributed by atoms with Crippen molar-refractivity contribution in [1.29, 1.82) is 0 Å². The van der Waals surface area contributed by atoms with E-state index in [2.05, 4.69) is 4.98 Å². The molecule has 1 aromatic heterocycles. The monoisotopic (exact) mass is 627 g/mol. The number of nitrogens with two attached hydrogens (primary N) is 1. The van der Waals surface area contributed by atoms with Gasteiger partial charge in [0.2, 0.25) is 9.84 Å². The van der Waals surface area contributed by atoms with E-state index in [-0.39, 0.29) is 25.4 Å². The minimum atomic E-state index is -3.94. The van der Waals surface area contributed by atoms with Gasteiger partial charge in [0.15, 0.2) is 5.13 Å². The zero-order valence-corrected chi connectivity index (χ0v) is 24.6. The molecule has 1 unspecified atom stereocenters. The maximum Gasteiger partial charge on any atom is 0.301 e. The van der Waals surface area contributed by atoms with Crippen molar-refractivity contribution in [2.45, 2.75) is 15.1 Å². The Morgan fingerprint density at radius 1 is 0.907 bits per heavy atom. The molecule has 43 heavy (non-hydrogen) atoms. The molecular formula is C32H22ClN3O5S2. The summed E-state index contributed by atoms with van der Waals surface area (Å²) in [6.45, 7) is 0. The van der Waals surface area contributed by atoms with Crippen LogP contribution in [-0.4, -0.2) is 30.2 Å². The highest BCUT2D eigenvalue weighted by Gasteiger charge is 2.48. The van der Waals surface area contributed by atoms with Gasteiger partial charge in [0.1, 0.15) is 9.97 Å². The van der Waals surface area contributed by atoms with Gasteiger partial charge in [-0.2, -0.15) is 0 Å². The lowest BCUT2D eigenvalue weighted by molar-refractivity contribution is -0.132. The zero-order chi connectivity index (χ0) is 30.3. The molecule has 4 aromatic carbocycles. The Morgan fingerprint density at radius 2 is 1.60 bits per heavy atom. The first-order valence-corrected chi connectivity index (χ1v) is 15.6. The number of carbonyl (C=O) groups is 2. The number of ketones is 1. The topological polar surface area (TPSA) is 131 Å². The number of aliphatic hydroxyl groups excluding tert-OH is 1. The molecule has 1 atom stereocenters. The van der Waals surface area contributed by atoms with Crippen LogP contribution in [0.3, 0.4) is 0 Å². The van der Waals surface area contributed by atoms with Crippen molar-refractivity contribution in [3.05, 3.63) is 131 Å². The summed E-state index contributed by atoms with van der Waals surface area (Å²) in [5, 5.41) is 12.1. The van der Waals surface area contributed by atoms with E-state index in [1.807, 2.05) is 30.3 Å². The molecule has 3 N–H and O–H groups in total. The molecule has 0 spiro atoms. The van der Waals surface area contributed by atoms with Gasteiger partial charge >= 0.3 is 5.91 Å². The van der Waals surface area contributed by atoms with Gasteiger partial charge in [-0.3, -0.25) is 14.5 Å². The fourth-order valence-electron chi connectivity index (χ4n) is 4.99. The molecule has 1 saturated heterocycles. The number of nitrogens with zero attached hydrogens (tertiary/aromatic N) is 2. The molecular weight excluding hydrogens is 606 g/mol. The van der Waals surface area contributed by atoms with Crippen LogP contribution >= 0.6 is 22.9 Å². The minimum absolute atomic E-state index is 0.0266. The number of anilines is 2. The number of hydrogen-bond donors (Lipinski definition) is 2. The number of nitrogen functional groups attached to an aromatic ring is 1. The number of Topliss-reactive ketones (excluding diaryl/α,β-unsaturated/α-hetero) is 1. The van der Waals surface area contributed by atoms with E-state index in [1.165, 1.54) is 12.1 Å². The third-order valence-electron chi connectivity index (χ3n) is 6.99. The van der Waals surface area contributed by atoms with Crippen LogP contribution in [0.5, 0.6) is 0 Å². The van der Waals surface area contributed by atoms with Crippen molar-refractivity contribution in [2.75, 3.05) is 10.6 Å². The van der Waals surface area contributed by atoms with Crippen LogP contribution in [0.2, 0.25) is 5.02 Å². The number of halogens is 1. The number of aliphatic hydroxyl groups is 1. The van der Waals surface area contributed by atoms with Crippen molar-refractivity contribution in [3.8, 4) is 11.1 Å². The first kappa shape index (κ1) is 28.4. The summed E-state index contributed by atoms with van der Waals surface area (Å²) >= 11 is 7.07. The van der Waals surface area contributed by atoms with Gasteiger partial charge < -0.3 is 10.8 Å². The molecule has 0 saturated carbocycles. The number of rotatable bonds is 6. The van der Waals surface area contributed by atoms with Gasteiger partial charge in [0.25, 0.3) is 5.78 Å². The fraction of sp³-hybridized carbons (Fsp3) is 0.0312. The molecule has 0 radical (unpaired) electrons. The van der Waals surface area contributed by atoms with Crippen LogP contribution in [0, 0.1) is 0 Å². The molecule has 1 amide bonds. The number of benzene rings is 4. The van der Waals surface area contributed by atoms with Gasteiger partial charge in [-0.05, 0) is 59.2 Å². The van der Waals surface area contributed by atoms with Gasteiger partial charge in [0, 0.05) is 16.3 Å². The molecule has 0 bridgehead atoms. The van der Waals surface area contributed by atoms with Crippen LogP contribution in [0.15, 0.2) is 124 Å². The molecule has 1 fully saturated rings. The van der Waals surface area contributed by atoms with Crippen molar-refractivity contribution >= 4 is 61.0 Å². The normalized spacial score (nSPS) is 16.5. The predicted molar refractivity (Wildman–Crippen MR) is 167 cm³/mol. The fourth-order valence-corrected chi connectivity index (χ4v) is 7.76. The van der Waals surface area contributed by atoms with Gasteiger partial charge in [-0.25, -0.2) is 13.4 Å². The summed E-state index contributed by atoms with van der Waals surface area (Å²) in [7, 11) is -3.94. The summed E-state index contributed by atoms with van der Waals surface area (Å²) in [5.74, 6) is -2.35. The molecule has 6 rings (SSSR count). The van der Waals surface area contributed by atoms with Gasteiger partial charge in [-0.1, -0.05) is 83.6 Å². The summed E-state index contributed by atoms with van der Waals surface area (Å²) in [6.07, 6.45) is 1.16. The Hall–Kier alpha value is -4.77. The van der Waals surface area contributed by atoms with Crippen LogP contribution in [0.25, 0.3) is 16.9 Å². The molecule has 1 aliphatic heterocycles. The van der Waals surface area contributed by atoms with E-state index < -0.39 is 33.3 Å². The smallest absolute Gasteiger partial charge is 0.301 e. The van der Waals surface area contributed by atoms with Crippen LogP contribution in [-0.2, 0) is 19.4 Å². The Bertz CT molecular complexity index is 2030. The highest BCUT2D eigenvalue weighted by atomic mass is 35.5. The van der Waals surface area contributed by atoms with E-state index in [1.54, 1.807) is 60.7 Å². The van der Waals surface area contributed by atoms with Crippen LogP contribution in [0.1, 0.15) is 17.2 Å². The Balaban J connectivity index is 1.54. The third-order valence-corrected chi connectivity index (χ3v) is 10.5. The number of sulfone groups is 1. The Morgan fingerprint density at radius 3 is 2.30 bits per heavy atom. The molecule has 5 aromatic rings. The maximum absolute atomic E-state index is 13.7.